The summed E-state index contributed by atoms with van der Waals surface area (Å²) in [5.41, 5.74) is 2.93. The number of esters is 1. The van der Waals surface area contributed by atoms with Gasteiger partial charge in [0.15, 0.2) is 5.71 Å². The highest BCUT2D eigenvalue weighted by Crippen LogP contribution is 2.41. The van der Waals surface area contributed by atoms with Crippen molar-refractivity contribution in [2.24, 2.45) is 0 Å². The maximum Gasteiger partial charge on any atom is 0.338 e. The van der Waals surface area contributed by atoms with Gasteiger partial charge in [-0.15, -0.1) is 0 Å². The third-order valence-electron chi connectivity index (χ3n) is 4.70. The van der Waals surface area contributed by atoms with Crippen LogP contribution in [-0.2, 0) is 20.3 Å². The maximum absolute atomic E-state index is 12.4. The van der Waals surface area contributed by atoms with Crippen LogP contribution in [0, 0.1) is 0 Å². The molecule has 0 bridgehead atoms. The summed E-state index contributed by atoms with van der Waals surface area (Å²) in [5, 5.41) is 0. The van der Waals surface area contributed by atoms with E-state index in [4.69, 9.17) is 4.74 Å². The Bertz CT molecular complexity index is 809. The Morgan fingerprint density at radius 1 is 1.32 bits per heavy atom. The molecule has 0 amide bonds. The number of hydrogen-bond acceptors (Lipinski definition) is 5. The normalized spacial score (nSPS) is 16.0. The molecule has 6 nitrogen and oxygen atoms in total. The molecule has 0 saturated carbocycles. The second kappa shape index (κ2) is 7.25. The molecular formula is C18H25NO5S. The summed E-state index contributed by atoms with van der Waals surface area (Å²) in [4.78, 5) is 12.4. The van der Waals surface area contributed by atoms with Crippen molar-refractivity contribution in [3.05, 3.63) is 29.3 Å². The average Bonchev–Trinajstić information content (AvgIpc) is 2.72. The van der Waals surface area contributed by atoms with Crippen LogP contribution in [-0.4, -0.2) is 48.1 Å². The monoisotopic (exact) mass is 367 g/mol. The first kappa shape index (κ1) is 19.6. The van der Waals surface area contributed by atoms with E-state index in [0.717, 1.165) is 23.4 Å². The second-order valence-corrected chi connectivity index (χ2v) is 8.34. The fourth-order valence-corrected chi connectivity index (χ4v) is 3.73. The van der Waals surface area contributed by atoms with Crippen LogP contribution in [0.5, 0.6) is 0 Å². The van der Waals surface area contributed by atoms with Gasteiger partial charge in [0.2, 0.25) is 5.69 Å². The quantitative estimate of drug-likeness (QED) is 0.420. The Morgan fingerprint density at radius 3 is 2.60 bits per heavy atom. The summed E-state index contributed by atoms with van der Waals surface area (Å²) in [7, 11) is -4.23. The molecule has 25 heavy (non-hydrogen) atoms. The SMILES string of the molecule is CCCOC(=O)c1cccc2c1C(C)(C)C(C)=[N+]2CCCS(=O)(=O)[O-]. The minimum absolute atomic E-state index is 0.239. The van der Waals surface area contributed by atoms with Crippen molar-refractivity contribution in [3.63, 3.8) is 0 Å². The number of carbonyl (C=O) groups is 1. The Hall–Kier alpha value is -1.73. The predicted octanol–water partition coefficient (Wildman–Crippen LogP) is 2.58. The van der Waals surface area contributed by atoms with Gasteiger partial charge in [0.1, 0.15) is 6.54 Å². The van der Waals surface area contributed by atoms with Gasteiger partial charge in [0.05, 0.1) is 33.3 Å². The fourth-order valence-electron chi connectivity index (χ4n) is 3.25. The van der Waals surface area contributed by atoms with Crippen LogP contribution in [0.4, 0.5) is 5.69 Å². The van der Waals surface area contributed by atoms with Crippen molar-refractivity contribution in [2.45, 2.75) is 46.0 Å². The number of carbonyl (C=O) groups excluding carboxylic acids is 1. The number of hydrogen-bond donors (Lipinski definition) is 0. The first-order valence-corrected chi connectivity index (χ1v) is 10.0. The lowest BCUT2D eigenvalue weighted by molar-refractivity contribution is -0.438. The van der Waals surface area contributed by atoms with E-state index < -0.39 is 15.9 Å². The Labute approximate surface area is 149 Å². The Balaban J connectivity index is 2.38. The number of fused-ring (bicyclic) bond motifs is 1. The molecule has 1 aromatic carbocycles. The molecule has 0 aromatic heterocycles. The summed E-state index contributed by atoms with van der Waals surface area (Å²) < 4.78 is 39.9. The van der Waals surface area contributed by atoms with Gasteiger partial charge in [-0.1, -0.05) is 13.0 Å². The van der Waals surface area contributed by atoms with E-state index >= 15 is 0 Å². The van der Waals surface area contributed by atoms with Crippen LogP contribution in [0.25, 0.3) is 0 Å². The molecule has 1 aliphatic rings. The van der Waals surface area contributed by atoms with Gasteiger partial charge in [-0.2, -0.15) is 4.58 Å². The van der Waals surface area contributed by atoms with Crippen LogP contribution >= 0.6 is 0 Å². The van der Waals surface area contributed by atoms with E-state index in [1.54, 1.807) is 12.1 Å². The van der Waals surface area contributed by atoms with Crippen LogP contribution in [0.1, 0.15) is 56.5 Å². The molecule has 7 heteroatoms. The third kappa shape index (κ3) is 4.10. The number of nitrogens with zero attached hydrogens (tertiary/aromatic N) is 1. The van der Waals surface area contributed by atoms with E-state index in [1.165, 1.54) is 0 Å². The van der Waals surface area contributed by atoms with Gasteiger partial charge in [-0.3, -0.25) is 0 Å². The van der Waals surface area contributed by atoms with Gasteiger partial charge >= 0.3 is 5.97 Å². The molecule has 0 radical (unpaired) electrons. The molecular weight excluding hydrogens is 342 g/mol. The fraction of sp³-hybridized carbons (Fsp3) is 0.556. The summed E-state index contributed by atoms with van der Waals surface area (Å²) in [6.07, 6.45) is 0.994. The lowest BCUT2D eigenvalue weighted by Gasteiger charge is -2.18. The molecule has 138 valence electrons. The molecule has 1 heterocycles. The molecule has 1 aliphatic heterocycles. The highest BCUT2D eigenvalue weighted by Gasteiger charge is 2.45. The van der Waals surface area contributed by atoms with E-state index in [-0.39, 0.29) is 17.8 Å². The van der Waals surface area contributed by atoms with Gasteiger partial charge in [-0.25, -0.2) is 13.2 Å². The van der Waals surface area contributed by atoms with Crippen molar-refractivity contribution < 1.29 is 27.1 Å². The maximum atomic E-state index is 12.4. The molecule has 0 saturated heterocycles. The molecule has 0 N–H and O–H groups in total. The van der Waals surface area contributed by atoms with E-state index in [0.29, 0.717) is 18.7 Å². The topological polar surface area (TPSA) is 86.5 Å². The minimum Gasteiger partial charge on any atom is -0.748 e. The van der Waals surface area contributed by atoms with Crippen molar-refractivity contribution in [1.29, 1.82) is 0 Å². The molecule has 0 unspecified atom stereocenters. The van der Waals surface area contributed by atoms with Crippen LogP contribution < -0.4 is 0 Å². The summed E-state index contributed by atoms with van der Waals surface area (Å²) in [5.74, 6) is -0.742. The first-order chi connectivity index (χ1) is 11.6. The lowest BCUT2D eigenvalue weighted by Crippen LogP contribution is -2.28. The van der Waals surface area contributed by atoms with E-state index in [2.05, 4.69) is 0 Å². The number of benzene rings is 1. The van der Waals surface area contributed by atoms with Crippen molar-refractivity contribution >= 4 is 27.5 Å². The Morgan fingerprint density at radius 2 is 2.00 bits per heavy atom. The molecule has 0 atom stereocenters. The summed E-state index contributed by atoms with van der Waals surface area (Å²) in [6.45, 7) is 8.75. The van der Waals surface area contributed by atoms with Gasteiger partial charge in [0.25, 0.3) is 0 Å². The summed E-state index contributed by atoms with van der Waals surface area (Å²) >= 11 is 0. The van der Waals surface area contributed by atoms with Crippen LogP contribution in [0.3, 0.4) is 0 Å². The summed E-state index contributed by atoms with van der Waals surface area (Å²) in [6, 6.07) is 5.47. The average molecular weight is 367 g/mol. The van der Waals surface area contributed by atoms with E-state index in [1.807, 2.05) is 38.3 Å². The molecule has 2 rings (SSSR count). The third-order valence-corrected chi connectivity index (χ3v) is 5.49. The van der Waals surface area contributed by atoms with Crippen LogP contribution in [0.15, 0.2) is 18.2 Å². The highest BCUT2D eigenvalue weighted by atomic mass is 32.2. The van der Waals surface area contributed by atoms with Crippen molar-refractivity contribution in [3.8, 4) is 0 Å². The number of ether oxygens (including phenoxy) is 1. The zero-order valence-corrected chi connectivity index (χ0v) is 16.0. The highest BCUT2D eigenvalue weighted by molar-refractivity contribution is 7.85. The van der Waals surface area contributed by atoms with Crippen molar-refractivity contribution in [2.75, 3.05) is 18.9 Å². The standard InChI is InChI=1S/C18H25NO5S/c1-5-11-24-17(20)14-8-6-9-15-16(14)18(3,4)13(2)19(15)10-7-12-25(21,22)23/h6,8-9H,5,7,10-12H2,1-4H3. The number of rotatable bonds is 7. The van der Waals surface area contributed by atoms with Gasteiger partial charge in [-0.05, 0) is 26.3 Å². The molecule has 0 spiro atoms. The lowest BCUT2D eigenvalue weighted by atomic mass is 9.79. The molecule has 1 aromatic rings. The zero-order valence-electron chi connectivity index (χ0n) is 15.2. The zero-order chi connectivity index (χ0) is 18.8. The smallest absolute Gasteiger partial charge is 0.338 e. The van der Waals surface area contributed by atoms with E-state index in [9.17, 15) is 17.8 Å². The second-order valence-electron chi connectivity index (χ2n) is 6.81. The largest absolute Gasteiger partial charge is 0.748 e. The van der Waals surface area contributed by atoms with Gasteiger partial charge in [0, 0.05) is 25.2 Å². The molecule has 0 fully saturated rings. The van der Waals surface area contributed by atoms with Crippen LogP contribution in [0.2, 0.25) is 0 Å². The molecule has 0 aliphatic carbocycles. The minimum atomic E-state index is -4.23. The first-order valence-electron chi connectivity index (χ1n) is 8.45. The van der Waals surface area contributed by atoms with Gasteiger partial charge < -0.3 is 9.29 Å². The predicted molar refractivity (Wildman–Crippen MR) is 94.7 cm³/mol. The van der Waals surface area contributed by atoms with Crippen molar-refractivity contribution in [1.82, 2.24) is 0 Å². The Kier molecular flexibility index (Phi) is 5.68.